The van der Waals surface area contributed by atoms with Crippen LogP contribution in [0.15, 0.2) is 28.2 Å². The largest absolute Gasteiger partial charge is 0.347 e. The number of nitrogens with zero attached hydrogens (tertiary/aromatic N) is 2. The van der Waals surface area contributed by atoms with E-state index in [1.165, 1.54) is 24.0 Å². The summed E-state index contributed by atoms with van der Waals surface area (Å²) in [5.41, 5.74) is 3.68. The van der Waals surface area contributed by atoms with Crippen molar-refractivity contribution >= 4 is 44.0 Å². The van der Waals surface area contributed by atoms with E-state index in [0.717, 1.165) is 40.0 Å². The minimum absolute atomic E-state index is 0.00544. The highest BCUT2D eigenvalue weighted by Crippen LogP contribution is 2.43. The van der Waals surface area contributed by atoms with Crippen molar-refractivity contribution in [2.24, 2.45) is 0 Å². The van der Waals surface area contributed by atoms with E-state index in [2.05, 4.69) is 49.3 Å². The summed E-state index contributed by atoms with van der Waals surface area (Å²) >= 11 is 5.17. The van der Waals surface area contributed by atoms with Crippen LogP contribution in [-0.2, 0) is 4.79 Å². The van der Waals surface area contributed by atoms with Crippen molar-refractivity contribution in [1.29, 1.82) is 0 Å². The Morgan fingerprint density at radius 1 is 1.33 bits per heavy atom. The number of aromatic nitrogens is 1. The lowest BCUT2D eigenvalue weighted by atomic mass is 9.93. The molecule has 4 rings (SSSR count). The quantitative estimate of drug-likeness (QED) is 0.798. The van der Waals surface area contributed by atoms with Gasteiger partial charge in [0, 0.05) is 31.6 Å². The van der Waals surface area contributed by atoms with Gasteiger partial charge in [0.05, 0.1) is 9.98 Å². The summed E-state index contributed by atoms with van der Waals surface area (Å²) in [5.74, 6) is 1.16. The van der Waals surface area contributed by atoms with Crippen molar-refractivity contribution in [2.75, 3.05) is 23.3 Å². The molecule has 1 atom stereocenters. The summed E-state index contributed by atoms with van der Waals surface area (Å²) in [6, 6.07) is 6.60. The molecule has 0 bridgehead atoms. The Bertz CT molecular complexity index is 771. The van der Waals surface area contributed by atoms with Gasteiger partial charge in [0.15, 0.2) is 5.13 Å². The fourth-order valence-electron chi connectivity index (χ4n) is 3.47. The molecule has 4 nitrogen and oxygen atoms in total. The van der Waals surface area contributed by atoms with Crippen LogP contribution in [0.3, 0.4) is 0 Å². The molecule has 2 heterocycles. The van der Waals surface area contributed by atoms with Gasteiger partial charge in [0.1, 0.15) is 0 Å². The Morgan fingerprint density at radius 2 is 2.17 bits per heavy atom. The number of halogens is 1. The average molecular weight is 406 g/mol. The molecule has 1 N–H and O–H groups in total. The molecular weight excluding hydrogens is 386 g/mol. The number of carbonyl (C=O) groups excluding carboxylic acids is 1. The monoisotopic (exact) mass is 405 g/mol. The second kappa shape index (κ2) is 6.48. The number of carbonyl (C=O) groups is 1. The van der Waals surface area contributed by atoms with E-state index < -0.39 is 0 Å². The molecule has 1 saturated carbocycles. The van der Waals surface area contributed by atoms with Crippen LogP contribution >= 0.6 is 27.3 Å². The van der Waals surface area contributed by atoms with Crippen LogP contribution in [0.2, 0.25) is 0 Å². The molecule has 24 heavy (non-hydrogen) atoms. The van der Waals surface area contributed by atoms with E-state index in [-0.39, 0.29) is 5.91 Å². The summed E-state index contributed by atoms with van der Waals surface area (Å²) < 4.78 is 1.07. The maximum atomic E-state index is 11.6. The van der Waals surface area contributed by atoms with Crippen molar-refractivity contribution in [3.8, 4) is 0 Å². The number of amides is 1. The smallest absolute Gasteiger partial charge is 0.221 e. The van der Waals surface area contributed by atoms with Gasteiger partial charge in [-0.05, 0) is 58.3 Å². The van der Waals surface area contributed by atoms with E-state index in [9.17, 15) is 4.79 Å². The van der Waals surface area contributed by atoms with Crippen LogP contribution in [0.4, 0.5) is 10.8 Å². The maximum absolute atomic E-state index is 11.6. The van der Waals surface area contributed by atoms with Gasteiger partial charge in [0.25, 0.3) is 0 Å². The van der Waals surface area contributed by atoms with Crippen LogP contribution < -0.4 is 10.2 Å². The van der Waals surface area contributed by atoms with E-state index in [1.807, 2.05) is 6.20 Å². The molecule has 2 aromatic rings. The first-order chi connectivity index (χ1) is 11.6. The molecule has 0 radical (unpaired) electrons. The normalized spacial score (nSPS) is 20.4. The molecule has 1 saturated heterocycles. The van der Waals surface area contributed by atoms with Gasteiger partial charge < -0.3 is 10.2 Å². The number of nitrogens with one attached hydrogen (secondary N) is 1. The second-order valence-corrected chi connectivity index (χ2v) is 9.07. The molecule has 0 spiro atoms. The Kier molecular flexibility index (Phi) is 4.35. The fourth-order valence-corrected chi connectivity index (χ4v) is 4.69. The predicted octanol–water partition coefficient (Wildman–Crippen LogP) is 4.74. The summed E-state index contributed by atoms with van der Waals surface area (Å²) in [5, 5.41) is 4.09. The summed E-state index contributed by atoms with van der Waals surface area (Å²) in [7, 11) is 0. The molecule has 2 aliphatic rings. The molecule has 2 fully saturated rings. The number of benzene rings is 1. The van der Waals surface area contributed by atoms with Gasteiger partial charge in [-0.15, -0.1) is 0 Å². The Labute approximate surface area is 154 Å². The van der Waals surface area contributed by atoms with E-state index >= 15 is 0 Å². The first-order valence-electron chi connectivity index (χ1n) is 8.38. The van der Waals surface area contributed by atoms with E-state index in [4.69, 9.17) is 0 Å². The Balaban J connectivity index is 1.60. The van der Waals surface area contributed by atoms with Crippen LogP contribution in [0.25, 0.3) is 0 Å². The van der Waals surface area contributed by atoms with Gasteiger partial charge in [-0.25, -0.2) is 4.98 Å². The van der Waals surface area contributed by atoms with Crippen LogP contribution in [0, 0.1) is 0 Å². The first kappa shape index (κ1) is 16.1. The van der Waals surface area contributed by atoms with Crippen molar-refractivity contribution in [1.82, 2.24) is 4.98 Å². The zero-order chi connectivity index (χ0) is 16.7. The van der Waals surface area contributed by atoms with Crippen molar-refractivity contribution in [2.45, 2.75) is 38.0 Å². The minimum atomic E-state index is -0.00544. The SMILES string of the molecule is CC(=O)Nc1ccc(C2CC2)cc1[C@H]1CCN(c2ncc(Br)s2)C1. The fraction of sp³-hybridized carbons (Fsp3) is 0.444. The number of anilines is 2. The highest BCUT2D eigenvalue weighted by atomic mass is 79.9. The number of rotatable bonds is 4. The average Bonchev–Trinajstić information content (AvgIpc) is 3.12. The minimum Gasteiger partial charge on any atom is -0.347 e. The third kappa shape index (κ3) is 3.35. The number of hydrogen-bond donors (Lipinski definition) is 1. The second-order valence-electron chi connectivity index (χ2n) is 6.68. The Hall–Kier alpha value is -1.40. The van der Waals surface area contributed by atoms with Crippen molar-refractivity contribution in [3.63, 3.8) is 0 Å². The van der Waals surface area contributed by atoms with Crippen LogP contribution in [0.5, 0.6) is 0 Å². The summed E-state index contributed by atoms with van der Waals surface area (Å²) in [6.07, 6.45) is 5.55. The van der Waals surface area contributed by atoms with E-state index in [1.54, 1.807) is 18.3 Å². The lowest BCUT2D eigenvalue weighted by Crippen LogP contribution is -2.19. The highest BCUT2D eigenvalue weighted by molar-refractivity contribution is 9.11. The summed E-state index contributed by atoms with van der Waals surface area (Å²) in [6.45, 7) is 3.55. The molecule has 1 amide bonds. The molecule has 1 aromatic heterocycles. The summed E-state index contributed by atoms with van der Waals surface area (Å²) in [4.78, 5) is 18.4. The standard InChI is InChI=1S/C18H20BrN3OS/c1-11(23)21-16-5-4-13(12-2-3-12)8-15(16)14-6-7-22(10-14)18-20-9-17(19)24-18/h4-5,8-9,12,14H,2-3,6-7,10H2,1H3,(H,21,23)/t14-/m0/s1. The van der Waals surface area contributed by atoms with Gasteiger partial charge in [-0.1, -0.05) is 23.5 Å². The molecule has 6 heteroatoms. The highest BCUT2D eigenvalue weighted by Gasteiger charge is 2.30. The van der Waals surface area contributed by atoms with Crippen LogP contribution in [0.1, 0.15) is 49.1 Å². The zero-order valence-corrected chi connectivity index (χ0v) is 16.0. The van der Waals surface area contributed by atoms with E-state index in [0.29, 0.717) is 5.92 Å². The lowest BCUT2D eigenvalue weighted by molar-refractivity contribution is -0.114. The Morgan fingerprint density at radius 3 is 2.83 bits per heavy atom. The predicted molar refractivity (Wildman–Crippen MR) is 102 cm³/mol. The number of thiazole rings is 1. The van der Waals surface area contributed by atoms with Crippen LogP contribution in [-0.4, -0.2) is 24.0 Å². The van der Waals surface area contributed by atoms with Crippen molar-refractivity contribution < 1.29 is 4.79 Å². The molecule has 1 aliphatic carbocycles. The lowest BCUT2D eigenvalue weighted by Gasteiger charge is -2.19. The molecule has 1 aromatic carbocycles. The third-order valence-corrected chi connectivity index (χ3v) is 6.34. The molecule has 1 aliphatic heterocycles. The van der Waals surface area contributed by atoms with Gasteiger partial charge >= 0.3 is 0 Å². The van der Waals surface area contributed by atoms with Gasteiger partial charge in [0.2, 0.25) is 5.91 Å². The molecular formula is C18H20BrN3OS. The first-order valence-corrected chi connectivity index (χ1v) is 9.99. The van der Waals surface area contributed by atoms with Gasteiger partial charge in [-0.2, -0.15) is 0 Å². The third-order valence-electron chi connectivity index (χ3n) is 4.80. The molecule has 0 unspecified atom stereocenters. The van der Waals surface area contributed by atoms with Crippen molar-refractivity contribution in [3.05, 3.63) is 39.3 Å². The zero-order valence-electron chi connectivity index (χ0n) is 13.6. The number of hydrogen-bond acceptors (Lipinski definition) is 4. The van der Waals surface area contributed by atoms with Gasteiger partial charge in [-0.3, -0.25) is 4.79 Å². The topological polar surface area (TPSA) is 45.2 Å². The maximum Gasteiger partial charge on any atom is 0.221 e. The molecule has 126 valence electrons.